The zero-order valence-corrected chi connectivity index (χ0v) is 8.34. The molecule has 0 bridgehead atoms. The fourth-order valence-electron chi connectivity index (χ4n) is 1.12. The van der Waals surface area contributed by atoms with Gasteiger partial charge in [-0.15, -0.1) is 0 Å². The number of alkyl halides is 2. The predicted octanol–water partition coefficient (Wildman–Crippen LogP) is 1.40. The lowest BCUT2D eigenvalue weighted by atomic mass is 10.1. The van der Waals surface area contributed by atoms with Crippen molar-refractivity contribution in [1.82, 2.24) is 4.98 Å². The fourth-order valence-corrected chi connectivity index (χ4v) is 1.12. The summed E-state index contributed by atoms with van der Waals surface area (Å²) in [5.74, 6) is -2.12. The van der Waals surface area contributed by atoms with Gasteiger partial charge in [0.1, 0.15) is 5.69 Å². The number of hydrogen-bond donors (Lipinski definition) is 1. The lowest BCUT2D eigenvalue weighted by Crippen LogP contribution is -2.14. The molecular formula is C9H9F3N2O2. The van der Waals surface area contributed by atoms with Crippen molar-refractivity contribution in [3.05, 3.63) is 28.8 Å². The number of nitrogens with zero attached hydrogens (tertiary/aromatic N) is 1. The number of carbonyl (C=O) groups excluding carboxylic acids is 1. The summed E-state index contributed by atoms with van der Waals surface area (Å²) in [7, 11) is 1.07. The lowest BCUT2D eigenvalue weighted by molar-refractivity contribution is 0.0590. The Labute approximate surface area is 89.2 Å². The van der Waals surface area contributed by atoms with Crippen LogP contribution in [0.2, 0.25) is 0 Å². The Morgan fingerprint density at radius 3 is 2.69 bits per heavy atom. The molecule has 1 heterocycles. The van der Waals surface area contributed by atoms with Crippen LogP contribution >= 0.6 is 0 Å². The second-order valence-electron chi connectivity index (χ2n) is 2.86. The lowest BCUT2D eigenvalue weighted by Gasteiger charge is -2.08. The maximum Gasteiger partial charge on any atom is 0.357 e. The molecule has 0 unspecified atom stereocenters. The number of esters is 1. The maximum atomic E-state index is 13.1. The van der Waals surface area contributed by atoms with Gasteiger partial charge in [-0.3, -0.25) is 0 Å². The van der Waals surface area contributed by atoms with Gasteiger partial charge in [-0.2, -0.15) is 0 Å². The van der Waals surface area contributed by atoms with Gasteiger partial charge < -0.3 is 10.5 Å². The maximum absolute atomic E-state index is 13.1. The third-order valence-corrected chi connectivity index (χ3v) is 1.89. The highest BCUT2D eigenvalue weighted by Gasteiger charge is 2.22. The average molecular weight is 234 g/mol. The Morgan fingerprint density at radius 1 is 1.62 bits per heavy atom. The fraction of sp³-hybridized carbons (Fsp3) is 0.333. The van der Waals surface area contributed by atoms with E-state index in [-0.39, 0.29) is 17.8 Å². The molecule has 2 N–H and O–H groups in total. The van der Waals surface area contributed by atoms with Crippen molar-refractivity contribution >= 4 is 5.97 Å². The van der Waals surface area contributed by atoms with Gasteiger partial charge in [-0.25, -0.2) is 22.9 Å². The summed E-state index contributed by atoms with van der Waals surface area (Å²) >= 11 is 0. The number of aromatic nitrogens is 1. The molecule has 0 amide bonds. The molecular weight excluding hydrogens is 225 g/mol. The second kappa shape index (κ2) is 4.93. The van der Waals surface area contributed by atoms with Crippen LogP contribution in [0.4, 0.5) is 13.2 Å². The Hall–Kier alpha value is -1.63. The molecule has 0 saturated heterocycles. The monoisotopic (exact) mass is 234 g/mol. The number of nitrogens with two attached hydrogens (primary N) is 1. The number of rotatable bonds is 3. The largest absolute Gasteiger partial charge is 0.464 e. The molecule has 4 nitrogen and oxygen atoms in total. The zero-order valence-electron chi connectivity index (χ0n) is 8.34. The summed E-state index contributed by atoms with van der Waals surface area (Å²) in [6, 6.07) is 0.765. The molecule has 0 saturated carbocycles. The van der Waals surface area contributed by atoms with Gasteiger partial charge in [-0.1, -0.05) is 0 Å². The van der Waals surface area contributed by atoms with Crippen LogP contribution in [-0.4, -0.2) is 18.1 Å². The summed E-state index contributed by atoms with van der Waals surface area (Å²) in [6.07, 6.45) is -3.10. The van der Waals surface area contributed by atoms with Crippen molar-refractivity contribution in [2.75, 3.05) is 7.11 Å². The normalized spacial score (nSPS) is 10.6. The van der Waals surface area contributed by atoms with Crippen LogP contribution in [-0.2, 0) is 11.3 Å². The highest BCUT2D eigenvalue weighted by atomic mass is 19.3. The quantitative estimate of drug-likeness (QED) is 0.803. The van der Waals surface area contributed by atoms with Gasteiger partial charge in [0, 0.05) is 12.1 Å². The van der Waals surface area contributed by atoms with Crippen LogP contribution in [0.1, 0.15) is 28.2 Å². The number of methoxy groups -OCH3 is 1. The zero-order chi connectivity index (χ0) is 12.3. The Morgan fingerprint density at radius 2 is 2.25 bits per heavy atom. The van der Waals surface area contributed by atoms with Crippen molar-refractivity contribution < 1.29 is 22.7 Å². The van der Waals surface area contributed by atoms with Crippen LogP contribution in [0.15, 0.2) is 6.07 Å². The first kappa shape index (κ1) is 12.4. The Balaban J connectivity index is 3.34. The summed E-state index contributed by atoms with van der Waals surface area (Å²) < 4.78 is 42.1. The van der Waals surface area contributed by atoms with E-state index in [9.17, 15) is 18.0 Å². The Bertz CT molecular complexity index is 410. The molecule has 1 aromatic heterocycles. The van der Waals surface area contributed by atoms with E-state index in [0.29, 0.717) is 0 Å². The number of carbonyl (C=O) groups is 1. The number of ether oxygens (including phenoxy) is 1. The molecule has 0 aliphatic rings. The van der Waals surface area contributed by atoms with Crippen LogP contribution < -0.4 is 5.73 Å². The van der Waals surface area contributed by atoms with E-state index in [0.717, 1.165) is 13.2 Å². The predicted molar refractivity (Wildman–Crippen MR) is 48.4 cm³/mol. The Kier molecular flexibility index (Phi) is 3.83. The van der Waals surface area contributed by atoms with Crippen molar-refractivity contribution in [3.8, 4) is 0 Å². The summed E-state index contributed by atoms with van der Waals surface area (Å²) in [5.41, 5.74) is 3.79. The first-order valence-corrected chi connectivity index (χ1v) is 4.27. The van der Waals surface area contributed by atoms with E-state index in [4.69, 9.17) is 5.73 Å². The molecule has 0 aliphatic carbocycles. The average Bonchev–Trinajstić information content (AvgIpc) is 2.27. The van der Waals surface area contributed by atoms with Crippen molar-refractivity contribution in [3.63, 3.8) is 0 Å². The first-order chi connectivity index (χ1) is 7.51. The van der Waals surface area contributed by atoms with E-state index >= 15 is 0 Å². The summed E-state index contributed by atoms with van der Waals surface area (Å²) in [4.78, 5) is 14.4. The third-order valence-electron chi connectivity index (χ3n) is 1.89. The van der Waals surface area contributed by atoms with E-state index in [1.54, 1.807) is 0 Å². The van der Waals surface area contributed by atoms with Gasteiger partial charge >= 0.3 is 5.97 Å². The third kappa shape index (κ3) is 2.30. The minimum Gasteiger partial charge on any atom is -0.464 e. The van der Waals surface area contributed by atoms with Crippen molar-refractivity contribution in [2.45, 2.75) is 13.0 Å². The van der Waals surface area contributed by atoms with Gasteiger partial charge in [0.2, 0.25) is 0 Å². The van der Waals surface area contributed by atoms with Crippen LogP contribution in [0.5, 0.6) is 0 Å². The SMILES string of the molecule is COC(=O)c1nc(C(F)F)c(F)cc1CN. The van der Waals surface area contributed by atoms with Crippen molar-refractivity contribution in [1.29, 1.82) is 0 Å². The molecule has 16 heavy (non-hydrogen) atoms. The van der Waals surface area contributed by atoms with Gasteiger partial charge in [-0.05, 0) is 6.07 Å². The van der Waals surface area contributed by atoms with Crippen LogP contribution in [0.3, 0.4) is 0 Å². The van der Waals surface area contributed by atoms with Gasteiger partial charge in [0.25, 0.3) is 6.43 Å². The van der Waals surface area contributed by atoms with Crippen molar-refractivity contribution in [2.24, 2.45) is 5.73 Å². The minimum absolute atomic E-state index is 0.0220. The molecule has 0 aliphatic heterocycles. The number of pyridine rings is 1. The first-order valence-electron chi connectivity index (χ1n) is 4.27. The standard InChI is InChI=1S/C9H9F3N2O2/c1-16-9(15)6-4(3-13)2-5(10)7(14-6)8(11)12/h2,8H,3,13H2,1H3. The molecule has 0 fully saturated rings. The second-order valence-corrected chi connectivity index (χ2v) is 2.86. The van der Waals surface area contributed by atoms with E-state index in [1.807, 2.05) is 0 Å². The number of halogens is 3. The topological polar surface area (TPSA) is 65.2 Å². The molecule has 0 radical (unpaired) electrons. The van der Waals surface area contributed by atoms with Crippen LogP contribution in [0, 0.1) is 5.82 Å². The van der Waals surface area contributed by atoms with Crippen LogP contribution in [0.25, 0.3) is 0 Å². The highest BCUT2D eigenvalue weighted by Crippen LogP contribution is 2.22. The highest BCUT2D eigenvalue weighted by molar-refractivity contribution is 5.88. The molecule has 7 heteroatoms. The summed E-state index contributed by atoms with van der Waals surface area (Å²) in [6.45, 7) is -0.197. The molecule has 0 aromatic carbocycles. The minimum atomic E-state index is -3.10. The van der Waals surface area contributed by atoms with E-state index in [1.165, 1.54) is 0 Å². The van der Waals surface area contributed by atoms with Gasteiger partial charge in [0.15, 0.2) is 11.5 Å². The number of hydrogen-bond acceptors (Lipinski definition) is 4. The summed E-state index contributed by atoms with van der Waals surface area (Å²) in [5, 5.41) is 0. The molecule has 1 rings (SSSR count). The smallest absolute Gasteiger partial charge is 0.357 e. The molecule has 0 spiro atoms. The molecule has 1 aromatic rings. The molecule has 88 valence electrons. The van der Waals surface area contributed by atoms with Gasteiger partial charge in [0.05, 0.1) is 7.11 Å². The van der Waals surface area contributed by atoms with E-state index < -0.39 is 23.9 Å². The molecule has 0 atom stereocenters. The van der Waals surface area contributed by atoms with E-state index in [2.05, 4.69) is 9.72 Å².